The quantitative estimate of drug-likeness (QED) is 0.545. The van der Waals surface area contributed by atoms with Crippen LogP contribution in [0.3, 0.4) is 0 Å². The lowest BCUT2D eigenvalue weighted by Crippen LogP contribution is -2.46. The van der Waals surface area contributed by atoms with Crippen molar-refractivity contribution in [2.24, 2.45) is 5.41 Å². The van der Waals surface area contributed by atoms with E-state index in [9.17, 15) is 18.0 Å². The number of anilines is 1. The molecule has 1 aromatic carbocycles. The minimum Gasteiger partial charge on any atom is -0.372 e. The van der Waals surface area contributed by atoms with Crippen LogP contribution in [0.2, 0.25) is 0 Å². The van der Waals surface area contributed by atoms with E-state index in [0.717, 1.165) is 33.4 Å². The normalized spacial score (nSPS) is 28.8. The topological polar surface area (TPSA) is 74.4 Å². The number of rotatable bonds is 4. The fourth-order valence-corrected chi connectivity index (χ4v) is 5.89. The highest BCUT2D eigenvalue weighted by molar-refractivity contribution is 5.95. The number of para-hydroxylation sites is 1. The van der Waals surface area contributed by atoms with Gasteiger partial charge in [0.15, 0.2) is 0 Å². The molecule has 0 amide bonds. The van der Waals surface area contributed by atoms with Crippen molar-refractivity contribution in [2.75, 3.05) is 24.5 Å². The molecule has 1 aliphatic carbocycles. The number of morpholine rings is 1. The fraction of sp³-hybridized carbons (Fsp3) is 0.500. The Kier molecular flexibility index (Phi) is 5.38. The molecule has 2 fully saturated rings. The summed E-state index contributed by atoms with van der Waals surface area (Å²) in [6, 6.07) is 7.14. The summed E-state index contributed by atoms with van der Waals surface area (Å²) >= 11 is 0. The van der Waals surface area contributed by atoms with Crippen molar-refractivity contribution in [3.8, 4) is 11.3 Å². The number of H-pyrrole nitrogens is 1. The van der Waals surface area contributed by atoms with E-state index in [2.05, 4.69) is 9.88 Å². The first kappa shape index (κ1) is 23.4. The summed E-state index contributed by atoms with van der Waals surface area (Å²) in [6.45, 7) is 5.95. The van der Waals surface area contributed by atoms with Crippen molar-refractivity contribution in [1.82, 2.24) is 19.9 Å². The third-order valence-corrected chi connectivity index (χ3v) is 7.77. The van der Waals surface area contributed by atoms with Gasteiger partial charge in [0.2, 0.25) is 5.95 Å². The molecule has 36 heavy (non-hydrogen) atoms. The van der Waals surface area contributed by atoms with Crippen LogP contribution in [0.5, 0.6) is 0 Å². The van der Waals surface area contributed by atoms with Crippen molar-refractivity contribution < 1.29 is 22.7 Å². The van der Waals surface area contributed by atoms with Gasteiger partial charge in [-0.05, 0) is 32.8 Å². The highest BCUT2D eigenvalue weighted by Gasteiger charge is 2.72. The Hall–Kier alpha value is -2.98. The van der Waals surface area contributed by atoms with Crippen LogP contribution in [0, 0.1) is 5.41 Å². The zero-order valence-electron chi connectivity index (χ0n) is 20.2. The summed E-state index contributed by atoms with van der Waals surface area (Å²) in [5, 5.41) is 1.04. The van der Waals surface area contributed by atoms with Crippen LogP contribution in [-0.2, 0) is 22.5 Å². The third kappa shape index (κ3) is 3.69. The maximum absolute atomic E-state index is 13.7. The molecular formula is C26H28F3N5O2. The van der Waals surface area contributed by atoms with E-state index in [1.165, 1.54) is 0 Å². The summed E-state index contributed by atoms with van der Waals surface area (Å²) in [5.41, 5.74) is 2.18. The first-order valence-corrected chi connectivity index (χ1v) is 12.3. The molecule has 2 aliphatic heterocycles. The van der Waals surface area contributed by atoms with Crippen LogP contribution in [0.1, 0.15) is 31.5 Å². The Balaban J connectivity index is 1.42. The van der Waals surface area contributed by atoms with E-state index < -0.39 is 17.6 Å². The van der Waals surface area contributed by atoms with Gasteiger partial charge in [-0.15, -0.1) is 0 Å². The van der Waals surface area contributed by atoms with Crippen LogP contribution in [0.25, 0.3) is 22.2 Å². The number of halogens is 3. The summed E-state index contributed by atoms with van der Waals surface area (Å²) in [7, 11) is 0. The van der Waals surface area contributed by atoms with Crippen molar-refractivity contribution in [3.05, 3.63) is 41.7 Å². The number of hydrogen-bond donors (Lipinski definition) is 1. The first-order valence-electron chi connectivity index (χ1n) is 12.3. The van der Waals surface area contributed by atoms with Gasteiger partial charge in [0, 0.05) is 60.4 Å². The fourth-order valence-electron chi connectivity index (χ4n) is 5.89. The van der Waals surface area contributed by atoms with Gasteiger partial charge in [-0.3, -0.25) is 4.90 Å². The first-order chi connectivity index (χ1) is 17.2. The van der Waals surface area contributed by atoms with Crippen molar-refractivity contribution in [3.63, 3.8) is 0 Å². The van der Waals surface area contributed by atoms with Crippen LogP contribution in [0.15, 0.2) is 30.5 Å². The number of nitrogens with zero attached hydrogens (tertiary/aromatic N) is 4. The molecule has 1 saturated heterocycles. The molecule has 190 valence electrons. The van der Waals surface area contributed by atoms with Gasteiger partial charge in [0.05, 0.1) is 23.6 Å². The maximum atomic E-state index is 13.7. The van der Waals surface area contributed by atoms with E-state index in [1.54, 1.807) is 4.90 Å². The molecule has 1 saturated carbocycles. The molecule has 2 unspecified atom stereocenters. The van der Waals surface area contributed by atoms with Crippen LogP contribution >= 0.6 is 0 Å². The zero-order chi connectivity index (χ0) is 25.2. The standard InChI is InChI=1S/C26H28F3N5O2/c1-15-11-34(12-16(2)36-15)24-31-21-13-33(22-9-25(22,14-35)26(27,28)29)8-7-18(21)23(32-24)19-10-30-20-6-4-3-5-17(19)20/h3-6,10,14-16,22,30H,7-9,11-13H2,1-2H3/t15-,16+,22?,25?. The predicted octanol–water partition coefficient (Wildman–Crippen LogP) is 4.12. The number of nitrogens with one attached hydrogen (secondary N) is 1. The Morgan fingerprint density at radius 2 is 1.92 bits per heavy atom. The van der Waals surface area contributed by atoms with Gasteiger partial charge < -0.3 is 19.4 Å². The van der Waals surface area contributed by atoms with Gasteiger partial charge >= 0.3 is 6.18 Å². The molecule has 4 atom stereocenters. The van der Waals surface area contributed by atoms with E-state index in [-0.39, 0.29) is 31.5 Å². The molecule has 6 rings (SSSR count). The lowest BCUT2D eigenvalue weighted by Gasteiger charge is -2.37. The zero-order valence-corrected chi connectivity index (χ0v) is 20.2. The number of fused-ring (bicyclic) bond motifs is 2. The van der Waals surface area contributed by atoms with Crippen molar-refractivity contribution in [2.45, 2.75) is 57.7 Å². The molecule has 2 aromatic heterocycles. The number of alkyl halides is 3. The molecule has 7 nitrogen and oxygen atoms in total. The number of aromatic nitrogens is 3. The molecule has 0 radical (unpaired) electrons. The number of hydrogen-bond acceptors (Lipinski definition) is 6. The molecule has 4 heterocycles. The smallest absolute Gasteiger partial charge is 0.372 e. The Morgan fingerprint density at radius 3 is 2.61 bits per heavy atom. The number of aromatic amines is 1. The van der Waals surface area contributed by atoms with E-state index >= 15 is 0 Å². The van der Waals surface area contributed by atoms with Gasteiger partial charge in [-0.2, -0.15) is 13.2 Å². The summed E-state index contributed by atoms with van der Waals surface area (Å²) in [5.74, 6) is 0.561. The largest absolute Gasteiger partial charge is 0.402 e. The van der Waals surface area contributed by atoms with Gasteiger partial charge in [0.25, 0.3) is 0 Å². The highest BCUT2D eigenvalue weighted by atomic mass is 19.4. The average molecular weight is 500 g/mol. The minimum absolute atomic E-state index is 0.00729. The summed E-state index contributed by atoms with van der Waals surface area (Å²) in [6.07, 6.45) is -2.18. The monoisotopic (exact) mass is 499 g/mol. The molecule has 0 bridgehead atoms. The third-order valence-electron chi connectivity index (χ3n) is 7.77. The van der Waals surface area contributed by atoms with E-state index in [4.69, 9.17) is 14.7 Å². The van der Waals surface area contributed by atoms with Crippen LogP contribution < -0.4 is 4.90 Å². The molecule has 3 aliphatic rings. The lowest BCUT2D eigenvalue weighted by atomic mass is 9.97. The Morgan fingerprint density at radius 1 is 1.17 bits per heavy atom. The summed E-state index contributed by atoms with van der Waals surface area (Å²) in [4.78, 5) is 28.6. The van der Waals surface area contributed by atoms with Gasteiger partial charge in [-0.1, -0.05) is 18.2 Å². The predicted molar refractivity (Wildman–Crippen MR) is 129 cm³/mol. The number of aldehydes is 1. The van der Waals surface area contributed by atoms with Gasteiger partial charge in [-0.25, -0.2) is 9.97 Å². The second-order valence-corrected chi connectivity index (χ2v) is 10.3. The molecule has 1 N–H and O–H groups in total. The number of carbonyl (C=O) groups excluding carboxylic acids is 1. The van der Waals surface area contributed by atoms with Crippen LogP contribution in [0.4, 0.5) is 19.1 Å². The number of carbonyl (C=O) groups is 1. The molecule has 3 aromatic rings. The molecule has 10 heteroatoms. The molecular weight excluding hydrogens is 471 g/mol. The van der Waals surface area contributed by atoms with Crippen molar-refractivity contribution in [1.29, 1.82) is 0 Å². The van der Waals surface area contributed by atoms with E-state index in [0.29, 0.717) is 32.0 Å². The van der Waals surface area contributed by atoms with Gasteiger partial charge in [0.1, 0.15) is 11.7 Å². The van der Waals surface area contributed by atoms with Crippen molar-refractivity contribution >= 4 is 23.1 Å². The average Bonchev–Trinajstić information content (AvgIpc) is 3.47. The van der Waals surface area contributed by atoms with Crippen LogP contribution in [-0.4, -0.2) is 70.2 Å². The maximum Gasteiger partial charge on any atom is 0.402 e. The lowest BCUT2D eigenvalue weighted by molar-refractivity contribution is -0.189. The number of ether oxygens (including phenoxy) is 1. The highest BCUT2D eigenvalue weighted by Crippen LogP contribution is 2.59. The Labute approximate surface area is 206 Å². The second-order valence-electron chi connectivity index (χ2n) is 10.3. The minimum atomic E-state index is -4.55. The number of benzene rings is 1. The summed E-state index contributed by atoms with van der Waals surface area (Å²) < 4.78 is 46.9. The second kappa shape index (κ2) is 8.27. The Bertz CT molecular complexity index is 1310. The molecule has 0 spiro atoms. The van der Waals surface area contributed by atoms with E-state index in [1.807, 2.05) is 44.3 Å². The SMILES string of the molecule is C[C@@H]1CN(c2nc3c(c(-c4c[nH]c5ccccc45)n2)CCN(C2CC2(C=O)C(F)(F)F)C3)C[C@H](C)O1.